The van der Waals surface area contributed by atoms with Crippen LogP contribution >= 0.6 is 15.9 Å². The standard InChI is InChI=1S/C22H21BrN4O2/c1-15(27-13-3-12-24-27)20(28)25-18-4-2-5-19(14-18)26-21(29)22(10-11-22)16-6-8-17(23)9-7-16/h2-9,12-15H,10-11H2,1H3,(H,25,28)(H,26,29). The van der Waals surface area contributed by atoms with Crippen LogP contribution in [0.2, 0.25) is 0 Å². The molecule has 0 spiro atoms. The van der Waals surface area contributed by atoms with E-state index in [0.717, 1.165) is 22.9 Å². The average molecular weight is 453 g/mol. The number of carbonyl (C=O) groups is 2. The monoisotopic (exact) mass is 452 g/mol. The Morgan fingerprint density at radius 2 is 1.76 bits per heavy atom. The van der Waals surface area contributed by atoms with Gasteiger partial charge in [0.25, 0.3) is 0 Å². The minimum atomic E-state index is -0.464. The highest BCUT2D eigenvalue weighted by Gasteiger charge is 2.51. The van der Waals surface area contributed by atoms with E-state index >= 15 is 0 Å². The minimum absolute atomic E-state index is 0.0202. The van der Waals surface area contributed by atoms with Crippen LogP contribution in [0.25, 0.3) is 0 Å². The van der Waals surface area contributed by atoms with Crippen molar-refractivity contribution >= 4 is 39.1 Å². The molecule has 0 aliphatic heterocycles. The van der Waals surface area contributed by atoms with Crippen molar-refractivity contribution in [2.24, 2.45) is 0 Å². The lowest BCUT2D eigenvalue weighted by Gasteiger charge is -2.17. The Balaban J connectivity index is 1.44. The Labute approximate surface area is 177 Å². The summed E-state index contributed by atoms with van der Waals surface area (Å²) in [5.41, 5.74) is 1.84. The lowest BCUT2D eigenvalue weighted by Crippen LogP contribution is -2.28. The van der Waals surface area contributed by atoms with Gasteiger partial charge in [-0.1, -0.05) is 34.1 Å². The number of hydrogen-bond acceptors (Lipinski definition) is 3. The fourth-order valence-corrected chi connectivity index (χ4v) is 3.61. The van der Waals surface area contributed by atoms with Gasteiger partial charge in [0.2, 0.25) is 11.8 Å². The minimum Gasteiger partial charge on any atom is -0.325 e. The van der Waals surface area contributed by atoms with Crippen LogP contribution in [0.1, 0.15) is 31.4 Å². The van der Waals surface area contributed by atoms with Crippen LogP contribution in [0, 0.1) is 0 Å². The Kier molecular flexibility index (Phi) is 5.24. The van der Waals surface area contributed by atoms with Crippen LogP contribution in [-0.4, -0.2) is 21.6 Å². The topological polar surface area (TPSA) is 76.0 Å². The van der Waals surface area contributed by atoms with Gasteiger partial charge in [0, 0.05) is 28.2 Å². The van der Waals surface area contributed by atoms with Crippen molar-refractivity contribution in [3.63, 3.8) is 0 Å². The Bertz CT molecular complexity index is 1030. The van der Waals surface area contributed by atoms with E-state index in [4.69, 9.17) is 0 Å². The number of nitrogens with one attached hydrogen (secondary N) is 2. The van der Waals surface area contributed by atoms with Gasteiger partial charge in [-0.15, -0.1) is 0 Å². The molecule has 1 aliphatic rings. The quantitative estimate of drug-likeness (QED) is 0.577. The number of anilines is 2. The molecule has 1 fully saturated rings. The van der Waals surface area contributed by atoms with Crippen LogP contribution in [0.15, 0.2) is 71.5 Å². The second kappa shape index (κ2) is 7.83. The summed E-state index contributed by atoms with van der Waals surface area (Å²) in [5.74, 6) is -0.195. The van der Waals surface area contributed by atoms with Crippen molar-refractivity contribution in [3.8, 4) is 0 Å². The maximum Gasteiger partial charge on any atom is 0.248 e. The van der Waals surface area contributed by atoms with E-state index in [1.54, 1.807) is 42.2 Å². The molecule has 1 saturated carbocycles. The summed E-state index contributed by atoms with van der Waals surface area (Å²) in [6.07, 6.45) is 5.05. The maximum absolute atomic E-state index is 13.0. The fraction of sp³-hybridized carbons (Fsp3) is 0.227. The first kappa shape index (κ1) is 19.4. The van der Waals surface area contributed by atoms with Gasteiger partial charge in [-0.25, -0.2) is 0 Å². The van der Waals surface area contributed by atoms with Crippen LogP contribution < -0.4 is 10.6 Å². The molecule has 29 heavy (non-hydrogen) atoms. The molecular weight excluding hydrogens is 432 g/mol. The largest absolute Gasteiger partial charge is 0.325 e. The highest BCUT2D eigenvalue weighted by molar-refractivity contribution is 9.10. The number of halogens is 1. The number of hydrogen-bond donors (Lipinski definition) is 2. The zero-order valence-corrected chi connectivity index (χ0v) is 17.5. The molecule has 0 saturated heterocycles. The highest BCUT2D eigenvalue weighted by atomic mass is 79.9. The Hall–Kier alpha value is -2.93. The number of benzene rings is 2. The molecule has 4 rings (SSSR count). The van der Waals surface area contributed by atoms with Gasteiger partial charge in [-0.05, 0) is 61.7 Å². The average Bonchev–Trinajstić information content (AvgIpc) is 3.34. The van der Waals surface area contributed by atoms with E-state index in [1.807, 2.05) is 36.4 Å². The van der Waals surface area contributed by atoms with E-state index in [2.05, 4.69) is 31.7 Å². The van der Waals surface area contributed by atoms with Crippen molar-refractivity contribution in [1.82, 2.24) is 9.78 Å². The molecule has 2 N–H and O–H groups in total. The van der Waals surface area contributed by atoms with E-state index in [-0.39, 0.29) is 11.8 Å². The molecule has 1 heterocycles. The second-order valence-corrected chi connectivity index (χ2v) is 8.19. The van der Waals surface area contributed by atoms with E-state index in [9.17, 15) is 9.59 Å². The molecule has 1 aliphatic carbocycles. The molecule has 1 unspecified atom stereocenters. The van der Waals surface area contributed by atoms with Gasteiger partial charge >= 0.3 is 0 Å². The van der Waals surface area contributed by atoms with Crippen molar-refractivity contribution in [2.45, 2.75) is 31.2 Å². The van der Waals surface area contributed by atoms with Crippen molar-refractivity contribution in [1.29, 1.82) is 0 Å². The molecule has 2 amide bonds. The number of rotatable bonds is 6. The molecule has 6 nitrogen and oxygen atoms in total. The first-order valence-electron chi connectivity index (χ1n) is 9.45. The van der Waals surface area contributed by atoms with Gasteiger partial charge in [-0.3, -0.25) is 14.3 Å². The Morgan fingerprint density at radius 1 is 1.07 bits per heavy atom. The van der Waals surface area contributed by atoms with Crippen LogP contribution in [0.3, 0.4) is 0 Å². The summed E-state index contributed by atoms with van der Waals surface area (Å²) in [5, 5.41) is 9.99. The second-order valence-electron chi connectivity index (χ2n) is 7.28. The van der Waals surface area contributed by atoms with Crippen molar-refractivity contribution in [2.75, 3.05) is 10.6 Å². The molecule has 2 aromatic carbocycles. The molecule has 3 aromatic rings. The van der Waals surface area contributed by atoms with Crippen LogP contribution in [0.5, 0.6) is 0 Å². The molecule has 0 radical (unpaired) electrons. The number of nitrogens with zero attached hydrogens (tertiary/aromatic N) is 2. The molecule has 0 bridgehead atoms. The zero-order chi connectivity index (χ0) is 20.4. The van der Waals surface area contributed by atoms with Crippen molar-refractivity contribution < 1.29 is 9.59 Å². The molecule has 148 valence electrons. The smallest absolute Gasteiger partial charge is 0.248 e. The SMILES string of the molecule is CC(C(=O)Nc1cccc(NC(=O)C2(c3ccc(Br)cc3)CC2)c1)n1cccn1. The lowest BCUT2D eigenvalue weighted by molar-refractivity contribution is -0.119. The first-order chi connectivity index (χ1) is 14.0. The third kappa shape index (κ3) is 4.10. The number of amides is 2. The van der Waals surface area contributed by atoms with Gasteiger partial charge in [0.05, 0.1) is 5.41 Å². The van der Waals surface area contributed by atoms with Crippen LogP contribution in [0.4, 0.5) is 11.4 Å². The van der Waals surface area contributed by atoms with Gasteiger partial charge in [0.15, 0.2) is 0 Å². The molecule has 1 atom stereocenters. The van der Waals surface area contributed by atoms with E-state index < -0.39 is 11.5 Å². The summed E-state index contributed by atoms with van der Waals surface area (Å²) in [6.45, 7) is 1.78. The van der Waals surface area contributed by atoms with Crippen molar-refractivity contribution in [3.05, 3.63) is 77.0 Å². The van der Waals surface area contributed by atoms with Gasteiger partial charge in [-0.2, -0.15) is 5.10 Å². The normalized spacial score (nSPS) is 15.4. The predicted octanol–water partition coefficient (Wildman–Crippen LogP) is 4.52. The Morgan fingerprint density at radius 3 is 2.38 bits per heavy atom. The number of aromatic nitrogens is 2. The van der Waals surface area contributed by atoms with Gasteiger partial charge in [0.1, 0.15) is 6.04 Å². The molecular formula is C22H21BrN4O2. The molecule has 7 heteroatoms. The summed E-state index contributed by atoms with van der Waals surface area (Å²) < 4.78 is 2.58. The third-order valence-electron chi connectivity index (χ3n) is 5.27. The predicted molar refractivity (Wildman–Crippen MR) is 116 cm³/mol. The van der Waals surface area contributed by atoms with Gasteiger partial charge < -0.3 is 10.6 Å². The summed E-state index contributed by atoms with van der Waals surface area (Å²) in [6, 6.07) is 16.4. The summed E-state index contributed by atoms with van der Waals surface area (Å²) >= 11 is 3.43. The van der Waals surface area contributed by atoms with E-state index in [1.165, 1.54) is 0 Å². The zero-order valence-electron chi connectivity index (χ0n) is 15.9. The maximum atomic E-state index is 13.0. The number of carbonyl (C=O) groups excluding carboxylic acids is 2. The van der Waals surface area contributed by atoms with E-state index in [0.29, 0.717) is 11.4 Å². The fourth-order valence-electron chi connectivity index (χ4n) is 3.34. The third-order valence-corrected chi connectivity index (χ3v) is 5.80. The summed E-state index contributed by atoms with van der Waals surface area (Å²) in [4.78, 5) is 25.4. The van der Waals surface area contributed by atoms with Crippen LogP contribution in [-0.2, 0) is 15.0 Å². The lowest BCUT2D eigenvalue weighted by atomic mass is 9.95. The summed E-state index contributed by atoms with van der Waals surface area (Å²) in [7, 11) is 0. The first-order valence-corrected chi connectivity index (χ1v) is 10.2. The highest BCUT2D eigenvalue weighted by Crippen LogP contribution is 2.49. The molecule has 1 aromatic heterocycles.